The van der Waals surface area contributed by atoms with Crippen molar-refractivity contribution in [3.8, 4) is 5.75 Å². The quantitative estimate of drug-likeness (QED) is 0.736. The highest BCUT2D eigenvalue weighted by atomic mass is 16.5. The maximum atomic E-state index is 12.4. The van der Waals surface area contributed by atoms with Gasteiger partial charge in [-0.3, -0.25) is 10.1 Å². The van der Waals surface area contributed by atoms with E-state index in [1.54, 1.807) is 43.1 Å². The zero-order valence-electron chi connectivity index (χ0n) is 15.0. The molecular weight excluding hydrogens is 338 g/mol. The van der Waals surface area contributed by atoms with Crippen LogP contribution < -0.4 is 10.1 Å². The number of aliphatic hydroxyl groups is 1. The molecule has 1 aromatic rings. The molecule has 140 valence electrons. The Bertz CT molecular complexity index is 708. The number of amides is 3. The Kier molecular flexibility index (Phi) is 4.99. The Hall–Kier alpha value is -2.81. The molecule has 1 saturated heterocycles. The normalized spacial score (nSPS) is 23.3. The average Bonchev–Trinajstić information content (AvgIpc) is 2.99. The molecular formula is C17H23N5O4. The van der Waals surface area contributed by atoms with E-state index in [2.05, 4.69) is 10.3 Å². The second kappa shape index (κ2) is 7.20. The third-order valence-electron chi connectivity index (χ3n) is 4.33. The number of para-hydroxylation sites is 1. The van der Waals surface area contributed by atoms with Gasteiger partial charge in [-0.1, -0.05) is 18.2 Å². The van der Waals surface area contributed by atoms with Crippen molar-refractivity contribution >= 4 is 17.9 Å². The lowest BCUT2D eigenvalue weighted by Gasteiger charge is -2.37. The van der Waals surface area contributed by atoms with E-state index in [0.717, 1.165) is 0 Å². The highest BCUT2D eigenvalue weighted by molar-refractivity contribution is 6.03. The van der Waals surface area contributed by atoms with Gasteiger partial charge in [-0.25, -0.2) is 9.79 Å². The van der Waals surface area contributed by atoms with Crippen molar-refractivity contribution in [3.05, 3.63) is 30.3 Å². The smallest absolute Gasteiger partial charge is 0.325 e. The first-order valence-corrected chi connectivity index (χ1v) is 8.34. The Balaban J connectivity index is 1.71. The van der Waals surface area contributed by atoms with Gasteiger partial charge in [0.05, 0.1) is 6.54 Å². The van der Waals surface area contributed by atoms with Gasteiger partial charge in [0.15, 0.2) is 18.2 Å². The van der Waals surface area contributed by atoms with Crippen molar-refractivity contribution in [2.24, 2.45) is 4.99 Å². The summed E-state index contributed by atoms with van der Waals surface area (Å²) < 4.78 is 5.58. The summed E-state index contributed by atoms with van der Waals surface area (Å²) in [6.07, 6.45) is -1.45. The van der Waals surface area contributed by atoms with Crippen molar-refractivity contribution in [1.82, 2.24) is 20.0 Å². The number of guanidine groups is 1. The number of nitrogens with zero attached hydrogens (tertiary/aromatic N) is 4. The minimum Gasteiger partial charge on any atom is -0.491 e. The number of carbonyl (C=O) groups is 2. The minimum atomic E-state index is -0.838. The van der Waals surface area contributed by atoms with Crippen LogP contribution in [0.4, 0.5) is 4.79 Å². The summed E-state index contributed by atoms with van der Waals surface area (Å²) in [5.41, 5.74) is 0. The fraction of sp³-hybridized carbons (Fsp3) is 0.471. The molecule has 2 aliphatic heterocycles. The van der Waals surface area contributed by atoms with Gasteiger partial charge in [0.1, 0.15) is 18.5 Å². The predicted octanol–water partition coefficient (Wildman–Crippen LogP) is -0.464. The molecule has 0 bridgehead atoms. The Labute approximate surface area is 151 Å². The highest BCUT2D eigenvalue weighted by Gasteiger charge is 2.49. The first kappa shape index (κ1) is 18.0. The maximum Gasteiger partial charge on any atom is 0.325 e. The number of likely N-dealkylation sites (N-methyl/N-ethyl adjacent to an activating group) is 1. The average molecular weight is 361 g/mol. The lowest BCUT2D eigenvalue weighted by Crippen LogP contribution is -2.64. The van der Waals surface area contributed by atoms with E-state index in [1.165, 1.54) is 4.90 Å². The maximum absolute atomic E-state index is 12.4. The van der Waals surface area contributed by atoms with Gasteiger partial charge in [0, 0.05) is 21.1 Å². The summed E-state index contributed by atoms with van der Waals surface area (Å²) in [6, 6.07) is 8.04. The van der Waals surface area contributed by atoms with Crippen LogP contribution in [-0.4, -0.2) is 90.3 Å². The van der Waals surface area contributed by atoms with E-state index in [9.17, 15) is 14.7 Å². The van der Waals surface area contributed by atoms with Crippen molar-refractivity contribution in [1.29, 1.82) is 0 Å². The van der Waals surface area contributed by atoms with Gasteiger partial charge in [-0.2, -0.15) is 0 Å². The first-order valence-electron chi connectivity index (χ1n) is 8.34. The third kappa shape index (κ3) is 3.43. The number of nitrogens with one attached hydrogen (secondary N) is 1. The number of rotatable bonds is 5. The number of hydrogen-bond acceptors (Lipinski definition) is 7. The summed E-state index contributed by atoms with van der Waals surface area (Å²) in [7, 11) is 5.19. The number of imide groups is 1. The number of benzene rings is 1. The molecule has 3 rings (SSSR count). The monoisotopic (exact) mass is 361 g/mol. The number of aliphatic hydroxyl groups excluding tert-OH is 1. The summed E-state index contributed by atoms with van der Waals surface area (Å²) >= 11 is 0. The lowest BCUT2D eigenvalue weighted by atomic mass is 10.1. The highest BCUT2D eigenvalue weighted by Crippen LogP contribution is 2.25. The second-order valence-corrected chi connectivity index (χ2v) is 6.52. The molecule has 3 amide bonds. The van der Waals surface area contributed by atoms with E-state index in [1.807, 2.05) is 18.2 Å². The fourth-order valence-corrected chi connectivity index (χ4v) is 3.07. The van der Waals surface area contributed by atoms with E-state index in [-0.39, 0.29) is 13.2 Å². The number of fused-ring (bicyclic) bond motifs is 1. The minimum absolute atomic E-state index is 0.0784. The molecule has 0 radical (unpaired) electrons. The van der Waals surface area contributed by atoms with Crippen LogP contribution in [0.5, 0.6) is 5.75 Å². The van der Waals surface area contributed by atoms with Crippen LogP contribution in [0.25, 0.3) is 0 Å². The molecule has 3 atom stereocenters. The molecule has 0 aliphatic carbocycles. The standard InChI is InChI=1S/C17H23N5O4/c1-20(2)16-18-14-13(15(24)19-17(25)21(14)3)22(16)9-11(23)10-26-12-7-5-4-6-8-12/h4-8,11,13-14,23H,9-10H2,1-3H3,(H,19,24,25). The van der Waals surface area contributed by atoms with Crippen LogP contribution in [0.3, 0.4) is 0 Å². The molecule has 9 nitrogen and oxygen atoms in total. The van der Waals surface area contributed by atoms with Crippen molar-refractivity contribution < 1.29 is 19.4 Å². The van der Waals surface area contributed by atoms with E-state index >= 15 is 0 Å². The van der Waals surface area contributed by atoms with Gasteiger partial charge in [-0.05, 0) is 12.1 Å². The zero-order valence-corrected chi connectivity index (χ0v) is 15.0. The molecule has 1 fully saturated rings. The summed E-state index contributed by atoms with van der Waals surface area (Å²) in [6.45, 7) is 0.232. The van der Waals surface area contributed by atoms with Crippen LogP contribution in [0.1, 0.15) is 0 Å². The topological polar surface area (TPSA) is 97.7 Å². The van der Waals surface area contributed by atoms with Gasteiger partial charge in [-0.15, -0.1) is 0 Å². The van der Waals surface area contributed by atoms with Crippen LogP contribution in [0.15, 0.2) is 35.3 Å². The summed E-state index contributed by atoms with van der Waals surface area (Å²) in [5.74, 6) is 0.776. The van der Waals surface area contributed by atoms with Crippen LogP contribution in [0, 0.1) is 0 Å². The molecule has 26 heavy (non-hydrogen) atoms. The van der Waals surface area contributed by atoms with Crippen LogP contribution in [-0.2, 0) is 4.79 Å². The first-order chi connectivity index (χ1) is 12.4. The van der Waals surface area contributed by atoms with Crippen molar-refractivity contribution in [3.63, 3.8) is 0 Å². The Morgan fingerprint density at radius 3 is 2.65 bits per heavy atom. The fourth-order valence-electron chi connectivity index (χ4n) is 3.07. The SMILES string of the molecule is CN(C)C1=NC2C(C(=O)NC(=O)N2C)N1CC(O)COc1ccccc1. The molecule has 2 heterocycles. The molecule has 0 saturated carbocycles. The Morgan fingerprint density at radius 1 is 1.31 bits per heavy atom. The summed E-state index contributed by atoms with van der Waals surface area (Å²) in [4.78, 5) is 33.6. The third-order valence-corrected chi connectivity index (χ3v) is 4.33. The molecule has 3 unspecified atom stereocenters. The molecule has 1 aromatic carbocycles. The van der Waals surface area contributed by atoms with Gasteiger partial charge in [0.2, 0.25) is 0 Å². The number of urea groups is 1. The van der Waals surface area contributed by atoms with Crippen molar-refractivity contribution in [2.45, 2.75) is 18.3 Å². The molecule has 2 aliphatic rings. The lowest BCUT2D eigenvalue weighted by molar-refractivity contribution is -0.127. The second-order valence-electron chi connectivity index (χ2n) is 6.52. The Morgan fingerprint density at radius 2 is 2.00 bits per heavy atom. The number of carbonyl (C=O) groups excluding carboxylic acids is 2. The number of ether oxygens (including phenoxy) is 1. The largest absolute Gasteiger partial charge is 0.491 e. The predicted molar refractivity (Wildman–Crippen MR) is 94.6 cm³/mol. The number of aliphatic imine (C=N–C) groups is 1. The van der Waals surface area contributed by atoms with Gasteiger partial charge >= 0.3 is 6.03 Å². The van der Waals surface area contributed by atoms with Crippen LogP contribution in [0.2, 0.25) is 0 Å². The number of β-amino-alcohol motifs (C(OH)–C–C–N with tert-alkyl or cyclic N) is 1. The molecule has 0 spiro atoms. The van der Waals surface area contributed by atoms with Gasteiger partial charge < -0.3 is 24.5 Å². The van der Waals surface area contributed by atoms with E-state index < -0.39 is 30.2 Å². The van der Waals surface area contributed by atoms with E-state index in [0.29, 0.717) is 11.7 Å². The number of hydrogen-bond donors (Lipinski definition) is 2. The molecule has 9 heteroatoms. The molecule has 2 N–H and O–H groups in total. The summed E-state index contributed by atoms with van der Waals surface area (Å²) in [5, 5.41) is 12.7. The van der Waals surface area contributed by atoms with Gasteiger partial charge in [0.25, 0.3) is 5.91 Å². The van der Waals surface area contributed by atoms with Crippen LogP contribution >= 0.6 is 0 Å². The molecule has 0 aromatic heterocycles. The zero-order chi connectivity index (χ0) is 18.8. The van der Waals surface area contributed by atoms with Crippen molar-refractivity contribution in [2.75, 3.05) is 34.3 Å². The van der Waals surface area contributed by atoms with E-state index in [4.69, 9.17) is 4.74 Å².